The molecule has 0 aliphatic carbocycles. The van der Waals surface area contributed by atoms with Crippen molar-refractivity contribution in [2.24, 2.45) is 5.92 Å². The number of rotatable bonds is 3. The molecule has 0 N–H and O–H groups in total. The largest absolute Gasteiger partial charge is 0.444 e. The van der Waals surface area contributed by atoms with Gasteiger partial charge in [-0.25, -0.2) is 9.78 Å². The Balaban J connectivity index is 1.73. The average Bonchev–Trinajstić information content (AvgIpc) is 2.75. The fraction of sp³-hybridized carbons (Fsp3) is 0.423. The fourth-order valence-electron chi connectivity index (χ4n) is 4.36. The molecule has 0 unspecified atom stereocenters. The van der Waals surface area contributed by atoms with Crippen molar-refractivity contribution in [2.45, 2.75) is 52.7 Å². The number of ether oxygens (including phenoxy) is 1. The number of benzene rings is 2. The number of likely N-dealkylation sites (tertiary alicyclic amines) is 1. The Morgan fingerprint density at radius 2 is 1.97 bits per heavy atom. The molecule has 0 bridgehead atoms. The summed E-state index contributed by atoms with van der Waals surface area (Å²) in [6.45, 7) is 9.39. The number of carbonyl (C=O) groups excluding carboxylic acids is 1. The lowest BCUT2D eigenvalue weighted by Crippen LogP contribution is -2.44. The van der Waals surface area contributed by atoms with E-state index in [0.717, 1.165) is 28.4 Å². The van der Waals surface area contributed by atoms with E-state index in [1.807, 2.05) is 70.2 Å². The summed E-state index contributed by atoms with van der Waals surface area (Å²) in [5.41, 5.74) is 2.09. The Bertz CT molecular complexity index is 1250. The second-order valence-electron chi connectivity index (χ2n) is 9.76. The van der Waals surface area contributed by atoms with Gasteiger partial charge in [-0.3, -0.25) is 9.36 Å². The first-order chi connectivity index (χ1) is 15.6. The fourth-order valence-corrected chi connectivity index (χ4v) is 4.72. The van der Waals surface area contributed by atoms with Crippen LogP contribution < -0.4 is 5.56 Å². The summed E-state index contributed by atoms with van der Waals surface area (Å²) < 4.78 is 8.22. The number of hydrogen-bond acceptors (Lipinski definition) is 4. The van der Waals surface area contributed by atoms with E-state index in [-0.39, 0.29) is 17.6 Å². The molecule has 4 rings (SSSR count). The van der Waals surface area contributed by atoms with E-state index < -0.39 is 5.60 Å². The molecule has 3 aromatic rings. The molecule has 1 saturated heterocycles. The maximum absolute atomic E-state index is 13.7. The van der Waals surface area contributed by atoms with Crippen LogP contribution >= 0.6 is 15.9 Å². The Morgan fingerprint density at radius 3 is 2.70 bits per heavy atom. The maximum atomic E-state index is 13.7. The Hall–Kier alpha value is -2.67. The molecule has 174 valence electrons. The molecule has 2 aromatic carbocycles. The Morgan fingerprint density at radius 1 is 1.21 bits per heavy atom. The summed E-state index contributed by atoms with van der Waals surface area (Å²) in [6, 6.07) is 13.6. The average molecular weight is 512 g/mol. The zero-order chi connectivity index (χ0) is 23.8. The topological polar surface area (TPSA) is 64.4 Å². The molecular formula is C26H30BrN3O3. The van der Waals surface area contributed by atoms with Gasteiger partial charge in [0.15, 0.2) is 0 Å². The number of aromatic nitrogens is 2. The number of aryl methyl sites for hydroxylation is 1. The van der Waals surface area contributed by atoms with Gasteiger partial charge in [0.25, 0.3) is 5.56 Å². The van der Waals surface area contributed by atoms with Crippen LogP contribution in [-0.2, 0) is 11.3 Å². The number of nitrogens with zero attached hydrogens (tertiary/aromatic N) is 3. The third kappa shape index (κ3) is 5.29. The standard InChI is InChI=1S/C26H30BrN3O3/c1-17-8-5-6-10-20(17)23-28-22-12-11-19(27)14-21(22)24(31)30(23)16-18-9-7-13-29(15-18)25(32)33-26(2,3)4/h5-6,8,10-12,14,18H,7,9,13,15-16H2,1-4H3/t18-/m0/s1. The highest BCUT2D eigenvalue weighted by Crippen LogP contribution is 2.27. The smallest absolute Gasteiger partial charge is 0.410 e. The summed E-state index contributed by atoms with van der Waals surface area (Å²) in [5, 5.41) is 0.585. The summed E-state index contributed by atoms with van der Waals surface area (Å²) >= 11 is 3.48. The molecule has 6 nitrogen and oxygen atoms in total. The van der Waals surface area contributed by atoms with Gasteiger partial charge < -0.3 is 9.64 Å². The predicted molar refractivity (Wildman–Crippen MR) is 134 cm³/mol. The van der Waals surface area contributed by atoms with E-state index in [1.165, 1.54) is 0 Å². The van der Waals surface area contributed by atoms with Crippen molar-refractivity contribution in [1.82, 2.24) is 14.5 Å². The molecule has 0 spiro atoms. The number of hydrogen-bond donors (Lipinski definition) is 0. The second-order valence-corrected chi connectivity index (χ2v) is 10.7. The van der Waals surface area contributed by atoms with E-state index in [0.29, 0.717) is 36.4 Å². The molecule has 1 amide bonds. The lowest BCUT2D eigenvalue weighted by Gasteiger charge is -2.34. The molecular weight excluding hydrogens is 482 g/mol. The molecule has 2 heterocycles. The third-order valence-electron chi connectivity index (χ3n) is 5.91. The minimum Gasteiger partial charge on any atom is -0.444 e. The minimum absolute atomic E-state index is 0.0612. The van der Waals surface area contributed by atoms with Crippen molar-refractivity contribution in [1.29, 1.82) is 0 Å². The summed E-state index contributed by atoms with van der Waals surface area (Å²) in [5.74, 6) is 0.806. The lowest BCUT2D eigenvalue weighted by molar-refractivity contribution is 0.0157. The van der Waals surface area contributed by atoms with E-state index in [2.05, 4.69) is 15.9 Å². The summed E-state index contributed by atoms with van der Waals surface area (Å²) in [4.78, 5) is 33.0. The molecule has 1 aliphatic heterocycles. The first-order valence-corrected chi connectivity index (χ1v) is 12.2. The van der Waals surface area contributed by atoms with Crippen LogP contribution in [0.2, 0.25) is 0 Å². The van der Waals surface area contributed by atoms with Crippen LogP contribution in [-0.4, -0.2) is 39.2 Å². The summed E-state index contributed by atoms with van der Waals surface area (Å²) in [6.07, 6.45) is 1.53. The van der Waals surface area contributed by atoms with Gasteiger partial charge in [-0.15, -0.1) is 0 Å². The van der Waals surface area contributed by atoms with Crippen LogP contribution in [0.3, 0.4) is 0 Å². The van der Waals surface area contributed by atoms with Crippen molar-refractivity contribution in [3.63, 3.8) is 0 Å². The first-order valence-electron chi connectivity index (χ1n) is 11.4. The van der Waals surface area contributed by atoms with Gasteiger partial charge >= 0.3 is 6.09 Å². The van der Waals surface area contributed by atoms with E-state index in [9.17, 15) is 9.59 Å². The zero-order valence-electron chi connectivity index (χ0n) is 19.6. The first kappa shape index (κ1) is 23.5. The van der Waals surface area contributed by atoms with E-state index in [4.69, 9.17) is 9.72 Å². The minimum atomic E-state index is -0.533. The van der Waals surface area contributed by atoms with Crippen molar-refractivity contribution in [2.75, 3.05) is 13.1 Å². The number of piperidine rings is 1. The molecule has 0 radical (unpaired) electrons. The maximum Gasteiger partial charge on any atom is 0.410 e. The molecule has 1 fully saturated rings. The van der Waals surface area contributed by atoms with Gasteiger partial charge in [-0.2, -0.15) is 0 Å². The van der Waals surface area contributed by atoms with Crippen LogP contribution in [0.15, 0.2) is 51.7 Å². The molecule has 1 atom stereocenters. The van der Waals surface area contributed by atoms with Gasteiger partial charge in [0.1, 0.15) is 11.4 Å². The molecule has 1 aromatic heterocycles. The highest BCUT2D eigenvalue weighted by atomic mass is 79.9. The quantitative estimate of drug-likeness (QED) is 0.446. The number of halogens is 1. The van der Waals surface area contributed by atoms with Crippen molar-refractivity contribution in [3.8, 4) is 11.4 Å². The zero-order valence-corrected chi connectivity index (χ0v) is 21.2. The number of amides is 1. The van der Waals surface area contributed by atoms with Crippen molar-refractivity contribution in [3.05, 3.63) is 62.9 Å². The number of carbonyl (C=O) groups is 1. The van der Waals surface area contributed by atoms with Crippen LogP contribution in [0.5, 0.6) is 0 Å². The van der Waals surface area contributed by atoms with Crippen LogP contribution in [0.1, 0.15) is 39.2 Å². The monoisotopic (exact) mass is 511 g/mol. The van der Waals surface area contributed by atoms with Gasteiger partial charge in [0, 0.05) is 29.7 Å². The van der Waals surface area contributed by atoms with E-state index in [1.54, 1.807) is 9.47 Å². The molecule has 0 saturated carbocycles. The lowest BCUT2D eigenvalue weighted by atomic mass is 9.97. The molecule has 33 heavy (non-hydrogen) atoms. The van der Waals surface area contributed by atoms with Gasteiger partial charge in [0.2, 0.25) is 0 Å². The SMILES string of the molecule is Cc1ccccc1-c1nc2ccc(Br)cc2c(=O)n1C[C@H]1CCCN(C(=O)OC(C)(C)C)C1. The van der Waals surface area contributed by atoms with Crippen LogP contribution in [0.4, 0.5) is 4.79 Å². The highest BCUT2D eigenvalue weighted by Gasteiger charge is 2.29. The van der Waals surface area contributed by atoms with Gasteiger partial charge in [0.05, 0.1) is 10.9 Å². The highest BCUT2D eigenvalue weighted by molar-refractivity contribution is 9.10. The normalized spacial score (nSPS) is 16.8. The molecule has 1 aliphatic rings. The van der Waals surface area contributed by atoms with Crippen molar-refractivity contribution >= 4 is 32.9 Å². The Kier molecular flexibility index (Phi) is 6.61. The van der Waals surface area contributed by atoms with Gasteiger partial charge in [-0.05, 0) is 70.2 Å². The Labute approximate surface area is 202 Å². The van der Waals surface area contributed by atoms with Crippen LogP contribution in [0, 0.1) is 12.8 Å². The summed E-state index contributed by atoms with van der Waals surface area (Å²) in [7, 11) is 0. The molecule has 7 heteroatoms. The van der Waals surface area contributed by atoms with E-state index >= 15 is 0 Å². The third-order valence-corrected chi connectivity index (χ3v) is 6.41. The number of fused-ring (bicyclic) bond motifs is 1. The predicted octanol–water partition coefficient (Wildman–Crippen LogP) is 5.78. The van der Waals surface area contributed by atoms with Gasteiger partial charge in [-0.1, -0.05) is 40.2 Å². The van der Waals surface area contributed by atoms with Crippen LogP contribution in [0.25, 0.3) is 22.3 Å². The van der Waals surface area contributed by atoms with Crippen molar-refractivity contribution < 1.29 is 9.53 Å². The second kappa shape index (κ2) is 9.29.